The first-order valence-corrected chi connectivity index (χ1v) is 14.8. The lowest BCUT2D eigenvalue weighted by atomic mass is 9.87. The molecule has 3 nitrogen and oxygen atoms in total. The summed E-state index contributed by atoms with van der Waals surface area (Å²) in [7, 11) is 3.41. The standard InChI is InChI=1S/C36H41ClO3/c1-6-26-16-19-33(31(23-26)36-29(7-2)32(38-4)20-21-34(36)39-5)40-22-12-8-9-13-25(3)35-28(24-37)18-17-27-14-10-11-15-30(27)35/h6,10-11,14-21,23,25H,1,7-9,12-13,22,24H2,2-5H3. The molecule has 40 heavy (non-hydrogen) atoms. The van der Waals surface area contributed by atoms with Gasteiger partial charge < -0.3 is 14.2 Å². The summed E-state index contributed by atoms with van der Waals surface area (Å²) in [5.74, 6) is 3.51. The highest BCUT2D eigenvalue weighted by molar-refractivity contribution is 6.17. The SMILES string of the molecule is C=Cc1ccc(OCCCCCC(C)c2c(CCl)ccc3ccccc23)c(-c2c(OC)ccc(OC)c2CC)c1. The number of rotatable bonds is 14. The van der Waals surface area contributed by atoms with Crippen molar-refractivity contribution in [3.05, 3.63) is 95.6 Å². The molecule has 0 heterocycles. The fraction of sp³-hybridized carbons (Fsp3) is 0.333. The summed E-state index contributed by atoms with van der Waals surface area (Å²) in [6.07, 6.45) is 7.03. The van der Waals surface area contributed by atoms with E-state index in [0.717, 1.165) is 71.6 Å². The quantitative estimate of drug-likeness (QED) is 0.114. The van der Waals surface area contributed by atoms with Gasteiger partial charge in [-0.05, 0) is 76.9 Å². The van der Waals surface area contributed by atoms with Crippen LogP contribution in [0.3, 0.4) is 0 Å². The minimum atomic E-state index is 0.451. The molecule has 1 unspecified atom stereocenters. The fourth-order valence-corrected chi connectivity index (χ4v) is 5.94. The molecule has 4 rings (SSSR count). The van der Waals surface area contributed by atoms with E-state index in [-0.39, 0.29) is 0 Å². The van der Waals surface area contributed by atoms with Crippen molar-refractivity contribution in [2.24, 2.45) is 0 Å². The molecule has 0 amide bonds. The van der Waals surface area contributed by atoms with Crippen LogP contribution >= 0.6 is 11.6 Å². The van der Waals surface area contributed by atoms with Crippen molar-refractivity contribution in [1.29, 1.82) is 0 Å². The van der Waals surface area contributed by atoms with Crippen molar-refractivity contribution in [3.8, 4) is 28.4 Å². The average Bonchev–Trinajstić information content (AvgIpc) is 3.01. The number of hydrogen-bond donors (Lipinski definition) is 0. The predicted octanol–water partition coefficient (Wildman–Crippen LogP) is 10.2. The van der Waals surface area contributed by atoms with Crippen LogP contribution in [0.25, 0.3) is 28.0 Å². The average molecular weight is 557 g/mol. The van der Waals surface area contributed by atoms with E-state index in [0.29, 0.717) is 18.4 Å². The van der Waals surface area contributed by atoms with Crippen LogP contribution in [0.1, 0.15) is 67.7 Å². The molecule has 4 aromatic carbocycles. The molecule has 0 aliphatic rings. The van der Waals surface area contributed by atoms with Gasteiger partial charge in [0.15, 0.2) is 0 Å². The van der Waals surface area contributed by atoms with Gasteiger partial charge in [-0.15, -0.1) is 11.6 Å². The maximum Gasteiger partial charge on any atom is 0.127 e. The van der Waals surface area contributed by atoms with E-state index in [2.05, 4.69) is 62.9 Å². The molecule has 1 atom stereocenters. The molecule has 4 heteroatoms. The van der Waals surface area contributed by atoms with Crippen LogP contribution in [0.2, 0.25) is 0 Å². The topological polar surface area (TPSA) is 27.7 Å². The second-order valence-electron chi connectivity index (χ2n) is 10.2. The highest BCUT2D eigenvalue weighted by Gasteiger charge is 2.20. The van der Waals surface area contributed by atoms with Gasteiger partial charge in [-0.1, -0.05) is 81.8 Å². The van der Waals surface area contributed by atoms with Crippen molar-refractivity contribution in [2.45, 2.75) is 57.7 Å². The maximum absolute atomic E-state index is 6.40. The van der Waals surface area contributed by atoms with E-state index < -0.39 is 0 Å². The number of fused-ring (bicyclic) bond motifs is 1. The normalized spacial score (nSPS) is 11.8. The number of alkyl halides is 1. The molecule has 0 bridgehead atoms. The molecule has 0 radical (unpaired) electrons. The van der Waals surface area contributed by atoms with Crippen LogP contribution in [-0.4, -0.2) is 20.8 Å². The zero-order chi connectivity index (χ0) is 28.5. The predicted molar refractivity (Wildman–Crippen MR) is 170 cm³/mol. The number of hydrogen-bond acceptors (Lipinski definition) is 3. The van der Waals surface area contributed by atoms with E-state index in [9.17, 15) is 0 Å². The van der Waals surface area contributed by atoms with Crippen molar-refractivity contribution in [1.82, 2.24) is 0 Å². The van der Waals surface area contributed by atoms with Crippen molar-refractivity contribution in [2.75, 3.05) is 20.8 Å². The van der Waals surface area contributed by atoms with Gasteiger partial charge in [-0.2, -0.15) is 0 Å². The van der Waals surface area contributed by atoms with Crippen LogP contribution in [0.4, 0.5) is 0 Å². The lowest BCUT2D eigenvalue weighted by Crippen LogP contribution is -2.03. The van der Waals surface area contributed by atoms with Gasteiger partial charge >= 0.3 is 0 Å². The van der Waals surface area contributed by atoms with Gasteiger partial charge in [0, 0.05) is 22.6 Å². The first-order chi connectivity index (χ1) is 19.6. The zero-order valence-corrected chi connectivity index (χ0v) is 25.0. The van der Waals surface area contributed by atoms with E-state index >= 15 is 0 Å². The summed E-state index contributed by atoms with van der Waals surface area (Å²) < 4.78 is 17.9. The Kier molecular flexibility index (Phi) is 10.5. The highest BCUT2D eigenvalue weighted by atomic mass is 35.5. The Balaban J connectivity index is 1.44. The molecule has 0 aliphatic carbocycles. The molecule has 0 aromatic heterocycles. The number of unbranched alkanes of at least 4 members (excludes halogenated alkanes) is 2. The molecule has 210 valence electrons. The van der Waals surface area contributed by atoms with E-state index in [1.54, 1.807) is 14.2 Å². The van der Waals surface area contributed by atoms with Crippen LogP contribution in [0.15, 0.2) is 73.3 Å². The molecule has 0 saturated heterocycles. The van der Waals surface area contributed by atoms with Gasteiger partial charge in [-0.25, -0.2) is 0 Å². The highest BCUT2D eigenvalue weighted by Crippen LogP contribution is 2.43. The fourth-order valence-electron chi connectivity index (χ4n) is 5.71. The van der Waals surface area contributed by atoms with E-state index in [4.69, 9.17) is 25.8 Å². The summed E-state index contributed by atoms with van der Waals surface area (Å²) >= 11 is 6.33. The second-order valence-corrected chi connectivity index (χ2v) is 10.5. The third-order valence-electron chi connectivity index (χ3n) is 7.77. The number of methoxy groups -OCH3 is 2. The summed E-state index contributed by atoms with van der Waals surface area (Å²) in [5, 5.41) is 2.61. The molecule has 0 fully saturated rings. The van der Waals surface area contributed by atoms with Crippen LogP contribution in [0.5, 0.6) is 17.2 Å². The smallest absolute Gasteiger partial charge is 0.127 e. The van der Waals surface area contributed by atoms with Gasteiger partial charge in [0.25, 0.3) is 0 Å². The number of benzene rings is 4. The monoisotopic (exact) mass is 556 g/mol. The van der Waals surface area contributed by atoms with E-state index in [1.165, 1.54) is 21.9 Å². The van der Waals surface area contributed by atoms with Crippen molar-refractivity contribution < 1.29 is 14.2 Å². The molecule has 0 spiro atoms. The minimum absolute atomic E-state index is 0.451. The lowest BCUT2D eigenvalue weighted by molar-refractivity contribution is 0.305. The molecule has 0 saturated carbocycles. The number of ether oxygens (including phenoxy) is 3. The third-order valence-corrected chi connectivity index (χ3v) is 8.06. The van der Waals surface area contributed by atoms with E-state index in [1.807, 2.05) is 30.3 Å². The maximum atomic E-state index is 6.40. The van der Waals surface area contributed by atoms with Crippen LogP contribution in [-0.2, 0) is 12.3 Å². The molecular formula is C36H41ClO3. The number of halogens is 1. The van der Waals surface area contributed by atoms with Gasteiger partial charge in [0.1, 0.15) is 17.2 Å². The van der Waals surface area contributed by atoms with Crippen molar-refractivity contribution in [3.63, 3.8) is 0 Å². The van der Waals surface area contributed by atoms with Crippen molar-refractivity contribution >= 4 is 28.4 Å². The summed E-state index contributed by atoms with van der Waals surface area (Å²) in [4.78, 5) is 0. The molecule has 0 aliphatic heterocycles. The Morgan fingerprint density at radius 2 is 1.62 bits per heavy atom. The third kappa shape index (κ3) is 6.47. The first kappa shape index (κ1) is 29.6. The Morgan fingerprint density at radius 3 is 2.35 bits per heavy atom. The summed E-state index contributed by atoms with van der Waals surface area (Å²) in [5.41, 5.74) is 6.80. The van der Waals surface area contributed by atoms with Crippen LogP contribution < -0.4 is 14.2 Å². The Morgan fingerprint density at radius 1 is 0.875 bits per heavy atom. The minimum Gasteiger partial charge on any atom is -0.496 e. The second kappa shape index (κ2) is 14.3. The summed E-state index contributed by atoms with van der Waals surface area (Å²) in [6, 6.07) is 23.1. The largest absolute Gasteiger partial charge is 0.496 e. The Labute approximate surface area is 244 Å². The van der Waals surface area contributed by atoms with Gasteiger partial charge in [0.05, 0.1) is 20.8 Å². The zero-order valence-electron chi connectivity index (χ0n) is 24.3. The lowest BCUT2D eigenvalue weighted by Gasteiger charge is -2.20. The van der Waals surface area contributed by atoms with Gasteiger partial charge in [0.2, 0.25) is 0 Å². The molecule has 4 aromatic rings. The Bertz CT molecular complexity index is 1440. The van der Waals surface area contributed by atoms with Gasteiger partial charge in [-0.3, -0.25) is 0 Å². The van der Waals surface area contributed by atoms with Crippen LogP contribution in [0, 0.1) is 0 Å². The summed E-state index contributed by atoms with van der Waals surface area (Å²) in [6.45, 7) is 9.09. The first-order valence-electron chi connectivity index (χ1n) is 14.3. The molecule has 0 N–H and O–H groups in total. The Hall–Kier alpha value is -3.43. The molecular weight excluding hydrogens is 516 g/mol.